The first-order valence-electron chi connectivity index (χ1n) is 4.84. The quantitative estimate of drug-likeness (QED) is 0.852. The van der Waals surface area contributed by atoms with Crippen LogP contribution in [0.1, 0.15) is 0 Å². The van der Waals surface area contributed by atoms with Gasteiger partial charge in [-0.1, -0.05) is 0 Å². The zero-order valence-corrected chi connectivity index (χ0v) is 9.60. The summed E-state index contributed by atoms with van der Waals surface area (Å²) in [5.74, 6) is 0.842. The van der Waals surface area contributed by atoms with E-state index in [0.717, 1.165) is 0 Å². The van der Waals surface area contributed by atoms with Gasteiger partial charge in [-0.3, -0.25) is 4.21 Å². The first-order valence-corrected chi connectivity index (χ1v) is 6.57. The smallest absolute Gasteiger partial charge is 0.201 e. The monoisotopic (exact) mass is 241 g/mol. The molecular formula is C10H12FN3OS. The van der Waals surface area contributed by atoms with Gasteiger partial charge >= 0.3 is 0 Å². The fourth-order valence-corrected chi connectivity index (χ4v) is 1.77. The summed E-state index contributed by atoms with van der Waals surface area (Å²) in [6.45, 7) is 0.575. The fraction of sp³-hybridized carbons (Fsp3) is 0.300. The topological polar surface area (TPSA) is 57.8 Å². The Morgan fingerprint density at radius 3 is 3.12 bits per heavy atom. The zero-order chi connectivity index (χ0) is 11.5. The molecule has 0 radical (unpaired) electrons. The summed E-state index contributed by atoms with van der Waals surface area (Å²) in [6, 6.07) is 4.38. The Hall–Kier alpha value is -1.43. The van der Waals surface area contributed by atoms with Gasteiger partial charge < -0.3 is 10.3 Å². The Morgan fingerprint density at radius 2 is 2.38 bits per heavy atom. The number of aromatic nitrogens is 2. The Balaban J connectivity index is 2.10. The minimum atomic E-state index is -0.825. The Morgan fingerprint density at radius 1 is 1.56 bits per heavy atom. The summed E-state index contributed by atoms with van der Waals surface area (Å²) in [7, 11) is -0.825. The summed E-state index contributed by atoms with van der Waals surface area (Å²) >= 11 is 0. The van der Waals surface area contributed by atoms with E-state index in [0.29, 0.717) is 29.3 Å². The molecule has 1 aromatic heterocycles. The molecule has 0 saturated carbocycles. The molecule has 1 aromatic carbocycles. The van der Waals surface area contributed by atoms with Crippen molar-refractivity contribution in [3.8, 4) is 0 Å². The second-order valence-corrected chi connectivity index (χ2v) is 5.01. The van der Waals surface area contributed by atoms with Gasteiger partial charge in [0.1, 0.15) is 5.82 Å². The Kier molecular flexibility index (Phi) is 3.19. The molecule has 0 aliphatic carbocycles. The number of hydrogen-bond acceptors (Lipinski definition) is 3. The van der Waals surface area contributed by atoms with Crippen molar-refractivity contribution in [1.29, 1.82) is 0 Å². The molecule has 1 unspecified atom stereocenters. The highest BCUT2D eigenvalue weighted by atomic mass is 32.2. The third-order valence-electron chi connectivity index (χ3n) is 2.13. The van der Waals surface area contributed by atoms with Gasteiger partial charge in [0, 0.05) is 29.4 Å². The molecule has 16 heavy (non-hydrogen) atoms. The predicted octanol–water partition coefficient (Wildman–Crippen LogP) is 1.49. The van der Waals surface area contributed by atoms with E-state index in [2.05, 4.69) is 15.3 Å². The van der Waals surface area contributed by atoms with E-state index in [1.54, 1.807) is 12.3 Å². The number of imidazole rings is 1. The van der Waals surface area contributed by atoms with Crippen LogP contribution in [-0.4, -0.2) is 32.7 Å². The van der Waals surface area contributed by atoms with Crippen molar-refractivity contribution >= 4 is 27.8 Å². The molecule has 2 aromatic rings. The number of hydrogen-bond donors (Lipinski definition) is 2. The lowest BCUT2D eigenvalue weighted by atomic mass is 10.3. The second-order valence-electron chi connectivity index (χ2n) is 3.45. The summed E-state index contributed by atoms with van der Waals surface area (Å²) in [6.07, 6.45) is 1.65. The van der Waals surface area contributed by atoms with Crippen LogP contribution >= 0.6 is 0 Å². The molecule has 2 rings (SSSR count). The van der Waals surface area contributed by atoms with Gasteiger partial charge in [0.2, 0.25) is 5.95 Å². The second kappa shape index (κ2) is 4.61. The van der Waals surface area contributed by atoms with E-state index in [1.165, 1.54) is 12.1 Å². The first-order chi connectivity index (χ1) is 7.65. The summed E-state index contributed by atoms with van der Waals surface area (Å²) < 4.78 is 23.7. The van der Waals surface area contributed by atoms with Crippen molar-refractivity contribution in [2.45, 2.75) is 0 Å². The third-order valence-corrected chi connectivity index (χ3v) is 2.90. The highest BCUT2D eigenvalue weighted by Gasteiger charge is 2.03. The molecule has 0 saturated heterocycles. The van der Waals surface area contributed by atoms with Crippen LogP contribution in [0.2, 0.25) is 0 Å². The molecule has 1 atom stereocenters. The van der Waals surface area contributed by atoms with Gasteiger partial charge in [0.05, 0.1) is 11.0 Å². The average Bonchev–Trinajstić information content (AvgIpc) is 2.58. The summed E-state index contributed by atoms with van der Waals surface area (Å²) in [4.78, 5) is 7.17. The van der Waals surface area contributed by atoms with Gasteiger partial charge in [-0.25, -0.2) is 9.37 Å². The molecular weight excluding hydrogens is 229 g/mol. The number of fused-ring (bicyclic) bond motifs is 1. The van der Waals surface area contributed by atoms with Crippen LogP contribution in [0.3, 0.4) is 0 Å². The predicted molar refractivity (Wildman–Crippen MR) is 63.5 cm³/mol. The number of nitrogens with one attached hydrogen (secondary N) is 2. The number of nitrogens with zero attached hydrogens (tertiary/aromatic N) is 1. The van der Waals surface area contributed by atoms with Crippen molar-refractivity contribution < 1.29 is 8.60 Å². The van der Waals surface area contributed by atoms with Crippen LogP contribution in [0.25, 0.3) is 11.0 Å². The zero-order valence-electron chi connectivity index (χ0n) is 8.79. The number of rotatable bonds is 4. The highest BCUT2D eigenvalue weighted by molar-refractivity contribution is 7.84. The molecule has 86 valence electrons. The van der Waals surface area contributed by atoms with Crippen LogP contribution in [0, 0.1) is 5.82 Å². The fourth-order valence-electron chi connectivity index (χ4n) is 1.38. The van der Waals surface area contributed by atoms with Crippen LogP contribution in [0.5, 0.6) is 0 Å². The Bertz CT molecular complexity index is 526. The molecule has 0 bridgehead atoms. The number of H-pyrrole nitrogens is 1. The maximum absolute atomic E-state index is 12.9. The highest BCUT2D eigenvalue weighted by Crippen LogP contribution is 2.14. The van der Waals surface area contributed by atoms with Crippen molar-refractivity contribution in [3.63, 3.8) is 0 Å². The Labute approximate surface area is 94.7 Å². The first kappa shape index (κ1) is 11.1. The van der Waals surface area contributed by atoms with Crippen molar-refractivity contribution in [2.75, 3.05) is 23.9 Å². The average molecular weight is 241 g/mol. The maximum Gasteiger partial charge on any atom is 0.201 e. The van der Waals surface area contributed by atoms with E-state index in [4.69, 9.17) is 0 Å². The normalized spacial score (nSPS) is 12.9. The van der Waals surface area contributed by atoms with Gasteiger partial charge in [-0.2, -0.15) is 0 Å². The largest absolute Gasteiger partial charge is 0.355 e. The molecule has 1 heterocycles. The third kappa shape index (κ3) is 2.57. The van der Waals surface area contributed by atoms with Crippen molar-refractivity contribution in [3.05, 3.63) is 24.0 Å². The lowest BCUT2D eigenvalue weighted by molar-refractivity contribution is 0.629. The molecule has 2 N–H and O–H groups in total. The van der Waals surface area contributed by atoms with Crippen LogP contribution in [0.15, 0.2) is 18.2 Å². The van der Waals surface area contributed by atoms with E-state index in [1.807, 2.05) is 0 Å². The minimum absolute atomic E-state index is 0.294. The van der Waals surface area contributed by atoms with Gasteiger partial charge in [-0.05, 0) is 18.2 Å². The van der Waals surface area contributed by atoms with Gasteiger partial charge in [0.15, 0.2) is 0 Å². The lowest BCUT2D eigenvalue weighted by Gasteiger charge is -1.99. The van der Waals surface area contributed by atoms with E-state index < -0.39 is 10.8 Å². The van der Waals surface area contributed by atoms with E-state index in [9.17, 15) is 8.60 Å². The van der Waals surface area contributed by atoms with E-state index >= 15 is 0 Å². The van der Waals surface area contributed by atoms with Crippen LogP contribution in [0.4, 0.5) is 10.3 Å². The maximum atomic E-state index is 12.9. The SMILES string of the molecule is CS(=O)CCNc1nc2ccc(F)cc2[nH]1. The van der Waals surface area contributed by atoms with Crippen LogP contribution < -0.4 is 5.32 Å². The molecule has 0 spiro atoms. The van der Waals surface area contributed by atoms with Crippen molar-refractivity contribution in [2.24, 2.45) is 0 Å². The molecule has 4 nitrogen and oxygen atoms in total. The summed E-state index contributed by atoms with van der Waals surface area (Å²) in [5.41, 5.74) is 1.36. The number of halogens is 1. The van der Waals surface area contributed by atoms with Gasteiger partial charge in [-0.15, -0.1) is 0 Å². The standard InChI is InChI=1S/C10H12FN3OS/c1-16(15)5-4-12-10-13-8-3-2-7(11)6-9(8)14-10/h2-3,6H,4-5H2,1H3,(H2,12,13,14). The molecule has 0 amide bonds. The van der Waals surface area contributed by atoms with Gasteiger partial charge in [0.25, 0.3) is 0 Å². The number of anilines is 1. The number of benzene rings is 1. The number of aromatic amines is 1. The molecule has 6 heteroatoms. The molecule has 0 fully saturated rings. The van der Waals surface area contributed by atoms with Crippen LogP contribution in [-0.2, 0) is 10.8 Å². The molecule has 0 aliphatic heterocycles. The molecule has 0 aliphatic rings. The van der Waals surface area contributed by atoms with Crippen molar-refractivity contribution in [1.82, 2.24) is 9.97 Å². The summed E-state index contributed by atoms with van der Waals surface area (Å²) in [5, 5.41) is 3.00. The minimum Gasteiger partial charge on any atom is -0.355 e. The lowest BCUT2D eigenvalue weighted by Crippen LogP contribution is -2.10. The van der Waals surface area contributed by atoms with E-state index in [-0.39, 0.29) is 5.82 Å².